The number of hydrogen-bond acceptors (Lipinski definition) is 5. The van der Waals surface area contributed by atoms with Gasteiger partial charge in [0.25, 0.3) is 11.5 Å². The number of carbonyl (C=O) groups excluding carboxylic acids is 1. The molecule has 0 radical (unpaired) electrons. The summed E-state index contributed by atoms with van der Waals surface area (Å²) < 4.78 is 1.37. The Balaban J connectivity index is 1.49. The molecule has 0 saturated heterocycles. The molecule has 2 N–H and O–H groups in total. The highest BCUT2D eigenvalue weighted by Crippen LogP contribution is 2.26. The third kappa shape index (κ3) is 4.24. The molecule has 8 heteroatoms. The van der Waals surface area contributed by atoms with Crippen LogP contribution < -0.4 is 10.9 Å². The zero-order valence-corrected chi connectivity index (χ0v) is 18.8. The van der Waals surface area contributed by atoms with E-state index in [2.05, 4.69) is 16.4 Å². The van der Waals surface area contributed by atoms with Crippen molar-refractivity contribution < 1.29 is 14.7 Å². The van der Waals surface area contributed by atoms with Gasteiger partial charge in [0.2, 0.25) is 0 Å². The van der Waals surface area contributed by atoms with Gasteiger partial charge in [-0.3, -0.25) is 18.8 Å². The van der Waals surface area contributed by atoms with E-state index in [0.29, 0.717) is 42.1 Å². The third-order valence-electron chi connectivity index (χ3n) is 6.62. The topological polar surface area (TPSA) is 125 Å². The van der Waals surface area contributed by atoms with E-state index in [1.807, 2.05) is 12.1 Å². The van der Waals surface area contributed by atoms with Gasteiger partial charge in [-0.2, -0.15) is 5.26 Å². The first-order valence-corrected chi connectivity index (χ1v) is 11.4. The predicted molar refractivity (Wildman–Crippen MR) is 130 cm³/mol. The van der Waals surface area contributed by atoms with Crippen LogP contribution in [0.2, 0.25) is 0 Å². The highest BCUT2D eigenvalue weighted by atomic mass is 16.4. The first-order chi connectivity index (χ1) is 16.9. The Morgan fingerprint density at radius 1 is 1.03 bits per heavy atom. The predicted octanol–water partition coefficient (Wildman–Crippen LogP) is 3.76. The Morgan fingerprint density at radius 3 is 2.54 bits per heavy atom. The molecule has 0 unspecified atom stereocenters. The molecule has 0 atom stereocenters. The van der Waals surface area contributed by atoms with Gasteiger partial charge in [-0.1, -0.05) is 18.2 Å². The first-order valence-electron chi connectivity index (χ1n) is 11.4. The molecule has 1 saturated carbocycles. The Hall–Kier alpha value is -4.51. The minimum Gasteiger partial charge on any atom is -0.481 e. The van der Waals surface area contributed by atoms with Crippen LogP contribution >= 0.6 is 0 Å². The van der Waals surface area contributed by atoms with E-state index in [-0.39, 0.29) is 34.6 Å². The lowest BCUT2D eigenvalue weighted by Crippen LogP contribution is -2.39. The number of carboxylic acid groups (broad SMARTS) is 1. The van der Waals surface area contributed by atoms with Gasteiger partial charge in [0, 0.05) is 12.2 Å². The molecule has 0 bridgehead atoms. The lowest BCUT2D eigenvalue weighted by molar-refractivity contribution is -0.142. The summed E-state index contributed by atoms with van der Waals surface area (Å²) >= 11 is 0. The summed E-state index contributed by atoms with van der Waals surface area (Å²) in [6, 6.07) is 17.8. The second kappa shape index (κ2) is 9.03. The number of rotatable bonds is 4. The maximum atomic E-state index is 13.3. The number of aromatic nitrogens is 2. The maximum Gasteiger partial charge on any atom is 0.306 e. The zero-order valence-electron chi connectivity index (χ0n) is 18.8. The molecule has 2 aromatic carbocycles. The van der Waals surface area contributed by atoms with Crippen molar-refractivity contribution in [2.45, 2.75) is 31.7 Å². The Bertz CT molecular complexity index is 1580. The Labute approximate surface area is 200 Å². The SMILES string of the molecule is N#Cc1cccc(-c2ccc3nc4c(C(=O)NC5CCC(C(=O)O)CC5)cccn4c(=O)c3c2)c1. The quantitative estimate of drug-likeness (QED) is 0.441. The fourth-order valence-corrected chi connectivity index (χ4v) is 4.70. The van der Waals surface area contributed by atoms with Crippen LogP contribution in [0.1, 0.15) is 41.6 Å². The van der Waals surface area contributed by atoms with Crippen LogP contribution in [-0.4, -0.2) is 32.4 Å². The molecule has 4 aromatic rings. The summed E-state index contributed by atoms with van der Waals surface area (Å²) in [5, 5.41) is 21.8. The molecule has 1 fully saturated rings. The van der Waals surface area contributed by atoms with Crippen molar-refractivity contribution in [1.29, 1.82) is 5.26 Å². The fraction of sp³-hybridized carbons (Fsp3) is 0.222. The highest BCUT2D eigenvalue weighted by molar-refractivity contribution is 6.01. The minimum atomic E-state index is -0.791. The molecule has 5 rings (SSSR count). The van der Waals surface area contributed by atoms with Crippen LogP contribution in [0.25, 0.3) is 27.7 Å². The third-order valence-corrected chi connectivity index (χ3v) is 6.62. The van der Waals surface area contributed by atoms with Gasteiger partial charge < -0.3 is 10.4 Å². The van der Waals surface area contributed by atoms with Crippen molar-refractivity contribution in [1.82, 2.24) is 14.7 Å². The normalized spacial score (nSPS) is 17.7. The minimum absolute atomic E-state index is 0.114. The second-order valence-corrected chi connectivity index (χ2v) is 8.82. The molecule has 174 valence electrons. The average molecular weight is 466 g/mol. The Morgan fingerprint density at radius 2 is 1.80 bits per heavy atom. The summed E-state index contributed by atoms with van der Waals surface area (Å²) in [4.78, 5) is 42.2. The first kappa shape index (κ1) is 22.3. The standard InChI is InChI=1S/C27H22N4O4/c28-15-16-3-1-4-18(13-16)19-8-11-23-22(14-19)26(33)31-12-2-5-21(24(31)30-23)25(32)29-20-9-6-17(7-10-20)27(34)35/h1-5,8,11-14,17,20H,6-7,9-10H2,(H,29,32)(H,34,35). The number of nitrogens with zero attached hydrogens (tertiary/aromatic N) is 3. The van der Waals surface area contributed by atoms with Gasteiger partial charge in [-0.15, -0.1) is 0 Å². The molecule has 2 heterocycles. The molecular formula is C27H22N4O4. The van der Waals surface area contributed by atoms with Crippen LogP contribution in [0, 0.1) is 17.2 Å². The summed E-state index contributed by atoms with van der Waals surface area (Å²) in [5.74, 6) is -1.49. The second-order valence-electron chi connectivity index (χ2n) is 8.82. The van der Waals surface area contributed by atoms with E-state index in [1.54, 1.807) is 48.7 Å². The van der Waals surface area contributed by atoms with E-state index < -0.39 is 5.97 Å². The van der Waals surface area contributed by atoms with Crippen LogP contribution in [0.15, 0.2) is 65.6 Å². The number of hydrogen-bond donors (Lipinski definition) is 2. The molecule has 1 amide bonds. The van der Waals surface area contributed by atoms with E-state index >= 15 is 0 Å². The van der Waals surface area contributed by atoms with Gasteiger partial charge in [-0.25, -0.2) is 4.98 Å². The van der Waals surface area contributed by atoms with Crippen LogP contribution in [0.4, 0.5) is 0 Å². The number of nitriles is 1. The van der Waals surface area contributed by atoms with Crippen molar-refractivity contribution in [3.8, 4) is 17.2 Å². The zero-order chi connectivity index (χ0) is 24.5. The van der Waals surface area contributed by atoms with E-state index in [4.69, 9.17) is 0 Å². The number of pyridine rings is 1. The van der Waals surface area contributed by atoms with Crippen LogP contribution in [0.5, 0.6) is 0 Å². The summed E-state index contributed by atoms with van der Waals surface area (Å²) in [5.41, 5.74) is 2.87. The maximum absolute atomic E-state index is 13.3. The number of fused-ring (bicyclic) bond motifs is 2. The van der Waals surface area contributed by atoms with Gasteiger partial charge in [-0.05, 0) is 73.2 Å². The van der Waals surface area contributed by atoms with Crippen molar-refractivity contribution in [2.24, 2.45) is 5.92 Å². The van der Waals surface area contributed by atoms with Gasteiger partial charge in [0.15, 0.2) is 5.65 Å². The smallest absolute Gasteiger partial charge is 0.306 e. The van der Waals surface area contributed by atoms with Crippen molar-refractivity contribution in [3.05, 3.63) is 82.3 Å². The highest BCUT2D eigenvalue weighted by Gasteiger charge is 2.27. The van der Waals surface area contributed by atoms with Crippen LogP contribution in [0.3, 0.4) is 0 Å². The molecule has 8 nitrogen and oxygen atoms in total. The van der Waals surface area contributed by atoms with Crippen LogP contribution in [-0.2, 0) is 4.79 Å². The summed E-state index contributed by atoms with van der Waals surface area (Å²) in [7, 11) is 0. The summed E-state index contributed by atoms with van der Waals surface area (Å²) in [6.07, 6.45) is 3.83. The molecular weight excluding hydrogens is 444 g/mol. The molecule has 1 aliphatic carbocycles. The monoisotopic (exact) mass is 466 g/mol. The van der Waals surface area contributed by atoms with Gasteiger partial charge >= 0.3 is 5.97 Å². The number of aliphatic carboxylic acids is 1. The fourth-order valence-electron chi connectivity index (χ4n) is 4.70. The number of benzene rings is 2. The van der Waals surface area contributed by atoms with Gasteiger partial charge in [0.1, 0.15) is 0 Å². The van der Waals surface area contributed by atoms with E-state index in [1.165, 1.54) is 4.40 Å². The van der Waals surface area contributed by atoms with Gasteiger partial charge in [0.05, 0.1) is 34.0 Å². The summed E-state index contributed by atoms with van der Waals surface area (Å²) in [6.45, 7) is 0. The van der Waals surface area contributed by atoms with Crippen molar-refractivity contribution in [3.63, 3.8) is 0 Å². The molecule has 35 heavy (non-hydrogen) atoms. The largest absolute Gasteiger partial charge is 0.481 e. The van der Waals surface area contributed by atoms with E-state index in [9.17, 15) is 24.8 Å². The number of amides is 1. The molecule has 1 aliphatic rings. The van der Waals surface area contributed by atoms with Crippen molar-refractivity contribution in [2.75, 3.05) is 0 Å². The molecule has 0 spiro atoms. The lowest BCUT2D eigenvalue weighted by Gasteiger charge is -2.26. The number of nitrogens with one attached hydrogen (secondary N) is 1. The van der Waals surface area contributed by atoms with Crippen molar-refractivity contribution >= 4 is 28.4 Å². The molecule has 2 aromatic heterocycles. The van der Waals surface area contributed by atoms with E-state index in [0.717, 1.165) is 11.1 Å². The average Bonchev–Trinajstić information content (AvgIpc) is 2.88. The lowest BCUT2D eigenvalue weighted by atomic mass is 9.86. The molecule has 0 aliphatic heterocycles. The Kier molecular flexibility index (Phi) is 5.75. The number of carboxylic acids is 1. The number of carbonyl (C=O) groups is 2.